The molecule has 0 aliphatic rings. The van der Waals surface area contributed by atoms with E-state index in [9.17, 15) is 9.59 Å². The van der Waals surface area contributed by atoms with Gasteiger partial charge in [0, 0.05) is 19.8 Å². The van der Waals surface area contributed by atoms with Crippen LogP contribution in [0.3, 0.4) is 0 Å². The van der Waals surface area contributed by atoms with Crippen LogP contribution in [0.2, 0.25) is 0 Å². The first kappa shape index (κ1) is 14.0. The predicted octanol–water partition coefficient (Wildman–Crippen LogP) is 0.426. The maximum Gasteiger partial charge on any atom is 0.310 e. The Kier molecular flexibility index (Phi) is 4.65. The molecule has 0 radical (unpaired) electrons. The summed E-state index contributed by atoms with van der Waals surface area (Å²) in [6, 6.07) is 3.24. The van der Waals surface area contributed by atoms with E-state index in [-0.39, 0.29) is 11.9 Å². The van der Waals surface area contributed by atoms with Crippen molar-refractivity contribution in [2.75, 3.05) is 25.6 Å². The van der Waals surface area contributed by atoms with Crippen LogP contribution in [0.15, 0.2) is 18.3 Å². The fraction of sp³-hybridized carbons (Fsp3) is 0.417. The number of rotatable bonds is 5. The molecule has 0 saturated carbocycles. The molecule has 18 heavy (non-hydrogen) atoms. The molecule has 1 amide bonds. The Bertz CT molecular complexity index is 448. The Hall–Kier alpha value is -2.11. The van der Waals surface area contributed by atoms with Gasteiger partial charge in [-0.1, -0.05) is 6.92 Å². The second kappa shape index (κ2) is 6.00. The number of ether oxygens (including phenoxy) is 1. The van der Waals surface area contributed by atoms with Crippen molar-refractivity contribution in [3.8, 4) is 0 Å². The molecule has 0 fully saturated rings. The van der Waals surface area contributed by atoms with Gasteiger partial charge in [0.25, 0.3) is 5.91 Å². The number of aromatic nitrogens is 1. The summed E-state index contributed by atoms with van der Waals surface area (Å²) in [6.45, 7) is 2.14. The second-order valence-corrected chi connectivity index (χ2v) is 4.04. The molecule has 6 nitrogen and oxygen atoms in total. The lowest BCUT2D eigenvalue weighted by Crippen LogP contribution is -2.31. The van der Waals surface area contributed by atoms with Crippen LogP contribution in [0.1, 0.15) is 17.3 Å². The lowest BCUT2D eigenvalue weighted by Gasteiger charge is -2.22. The van der Waals surface area contributed by atoms with E-state index < -0.39 is 5.91 Å². The number of pyridine rings is 1. The van der Waals surface area contributed by atoms with Gasteiger partial charge in [-0.05, 0) is 12.1 Å². The Balaban J connectivity index is 2.87. The lowest BCUT2D eigenvalue weighted by molar-refractivity contribution is -0.144. The summed E-state index contributed by atoms with van der Waals surface area (Å²) < 4.78 is 4.65. The third-order valence-electron chi connectivity index (χ3n) is 2.56. The molecule has 0 bridgehead atoms. The highest BCUT2D eigenvalue weighted by Crippen LogP contribution is 2.16. The van der Waals surface area contributed by atoms with Gasteiger partial charge < -0.3 is 15.4 Å². The lowest BCUT2D eigenvalue weighted by atomic mass is 10.1. The standard InChI is InChI=1S/C12H17N3O3/c1-8(12(17)18-3)7-15(2)11-9(10(13)16)5-4-6-14-11/h4-6,8H,7H2,1-3H3,(H2,13,16). The van der Waals surface area contributed by atoms with Crippen molar-refractivity contribution in [1.82, 2.24) is 4.98 Å². The fourth-order valence-corrected chi connectivity index (χ4v) is 1.67. The number of hydrogen-bond acceptors (Lipinski definition) is 5. The summed E-state index contributed by atoms with van der Waals surface area (Å²) in [6.07, 6.45) is 1.57. The molecule has 1 heterocycles. The number of methoxy groups -OCH3 is 1. The number of anilines is 1. The molecule has 0 aliphatic heterocycles. The quantitative estimate of drug-likeness (QED) is 0.767. The topological polar surface area (TPSA) is 85.5 Å². The molecule has 98 valence electrons. The maximum atomic E-state index is 11.3. The summed E-state index contributed by atoms with van der Waals surface area (Å²) in [5, 5.41) is 0. The molecule has 0 aromatic carbocycles. The van der Waals surface area contributed by atoms with Crippen molar-refractivity contribution < 1.29 is 14.3 Å². The van der Waals surface area contributed by atoms with E-state index in [2.05, 4.69) is 9.72 Å². The highest BCUT2D eigenvalue weighted by molar-refractivity contribution is 5.97. The van der Waals surface area contributed by atoms with Gasteiger partial charge in [0.15, 0.2) is 0 Å². The van der Waals surface area contributed by atoms with Crippen molar-refractivity contribution >= 4 is 17.7 Å². The second-order valence-electron chi connectivity index (χ2n) is 4.04. The summed E-state index contributed by atoms with van der Waals surface area (Å²) in [5.74, 6) is -0.711. The number of nitrogens with zero attached hydrogens (tertiary/aromatic N) is 2. The zero-order valence-electron chi connectivity index (χ0n) is 10.7. The predicted molar refractivity (Wildman–Crippen MR) is 67.2 cm³/mol. The molecule has 1 aromatic rings. The summed E-state index contributed by atoms with van der Waals surface area (Å²) in [5.41, 5.74) is 5.60. The average molecular weight is 251 g/mol. The van der Waals surface area contributed by atoms with E-state index >= 15 is 0 Å². The van der Waals surface area contributed by atoms with Gasteiger partial charge in [0.1, 0.15) is 5.82 Å². The van der Waals surface area contributed by atoms with Gasteiger partial charge >= 0.3 is 5.97 Å². The van der Waals surface area contributed by atoms with Crippen molar-refractivity contribution in [1.29, 1.82) is 0 Å². The molecule has 0 spiro atoms. The van der Waals surface area contributed by atoms with Crippen LogP contribution >= 0.6 is 0 Å². The van der Waals surface area contributed by atoms with Gasteiger partial charge in [-0.2, -0.15) is 0 Å². The van der Waals surface area contributed by atoms with Gasteiger partial charge in [-0.15, -0.1) is 0 Å². The molecule has 0 aliphatic carbocycles. The van der Waals surface area contributed by atoms with Crippen LogP contribution < -0.4 is 10.6 Å². The van der Waals surface area contributed by atoms with Gasteiger partial charge in [0.05, 0.1) is 18.6 Å². The molecule has 2 N–H and O–H groups in total. The largest absolute Gasteiger partial charge is 0.469 e. The van der Waals surface area contributed by atoms with Gasteiger partial charge in [-0.25, -0.2) is 4.98 Å². The third kappa shape index (κ3) is 3.19. The van der Waals surface area contributed by atoms with Gasteiger partial charge in [0.2, 0.25) is 0 Å². The Labute approximate surface area is 106 Å². The van der Waals surface area contributed by atoms with E-state index in [1.807, 2.05) is 0 Å². The number of primary amides is 1. The summed E-state index contributed by atoms with van der Waals surface area (Å²) in [4.78, 5) is 28.4. The van der Waals surface area contributed by atoms with Crippen LogP contribution in [0.5, 0.6) is 0 Å². The van der Waals surface area contributed by atoms with Crippen LogP contribution in [0.25, 0.3) is 0 Å². The minimum atomic E-state index is -0.546. The number of amides is 1. The van der Waals surface area contributed by atoms with E-state index in [4.69, 9.17) is 5.73 Å². The van der Waals surface area contributed by atoms with Crippen LogP contribution in [-0.4, -0.2) is 37.6 Å². The normalized spacial score (nSPS) is 11.7. The third-order valence-corrected chi connectivity index (χ3v) is 2.56. The Morgan fingerprint density at radius 1 is 1.56 bits per heavy atom. The van der Waals surface area contributed by atoms with Crippen molar-refractivity contribution in [3.63, 3.8) is 0 Å². The highest BCUT2D eigenvalue weighted by Gasteiger charge is 2.19. The SMILES string of the molecule is COC(=O)C(C)CN(C)c1ncccc1C(N)=O. The number of carbonyl (C=O) groups excluding carboxylic acids is 2. The molecular weight excluding hydrogens is 234 g/mol. The summed E-state index contributed by atoms with van der Waals surface area (Å²) in [7, 11) is 3.09. The van der Waals surface area contributed by atoms with Crippen LogP contribution in [-0.2, 0) is 9.53 Å². The number of hydrogen-bond donors (Lipinski definition) is 1. The van der Waals surface area contributed by atoms with Crippen LogP contribution in [0.4, 0.5) is 5.82 Å². The van der Waals surface area contributed by atoms with Crippen LogP contribution in [0, 0.1) is 5.92 Å². The minimum absolute atomic E-state index is 0.307. The molecule has 1 atom stereocenters. The first-order valence-electron chi connectivity index (χ1n) is 5.51. The number of esters is 1. The zero-order valence-corrected chi connectivity index (χ0v) is 10.7. The number of carbonyl (C=O) groups is 2. The first-order valence-corrected chi connectivity index (χ1v) is 5.51. The molecule has 1 rings (SSSR count). The first-order chi connectivity index (χ1) is 8.47. The Morgan fingerprint density at radius 3 is 2.78 bits per heavy atom. The fourth-order valence-electron chi connectivity index (χ4n) is 1.67. The van der Waals surface area contributed by atoms with E-state index in [0.717, 1.165) is 0 Å². The Morgan fingerprint density at radius 2 is 2.22 bits per heavy atom. The smallest absolute Gasteiger partial charge is 0.310 e. The highest BCUT2D eigenvalue weighted by atomic mass is 16.5. The van der Waals surface area contributed by atoms with Gasteiger partial charge in [-0.3, -0.25) is 9.59 Å². The average Bonchev–Trinajstić information content (AvgIpc) is 2.37. The van der Waals surface area contributed by atoms with E-state index in [1.54, 1.807) is 37.2 Å². The maximum absolute atomic E-state index is 11.3. The molecule has 0 saturated heterocycles. The van der Waals surface area contributed by atoms with E-state index in [1.165, 1.54) is 7.11 Å². The molecule has 1 unspecified atom stereocenters. The molecule has 1 aromatic heterocycles. The zero-order chi connectivity index (χ0) is 13.7. The molecular formula is C12H17N3O3. The molecule has 6 heteroatoms. The minimum Gasteiger partial charge on any atom is -0.469 e. The number of nitrogens with two attached hydrogens (primary N) is 1. The van der Waals surface area contributed by atoms with Crippen molar-refractivity contribution in [2.45, 2.75) is 6.92 Å². The summed E-state index contributed by atoms with van der Waals surface area (Å²) >= 11 is 0. The monoisotopic (exact) mass is 251 g/mol. The van der Waals surface area contributed by atoms with Crippen molar-refractivity contribution in [2.24, 2.45) is 11.7 Å². The van der Waals surface area contributed by atoms with Crippen molar-refractivity contribution in [3.05, 3.63) is 23.9 Å². The van der Waals surface area contributed by atoms with E-state index in [0.29, 0.717) is 17.9 Å².